The van der Waals surface area contributed by atoms with E-state index in [0.717, 1.165) is 43.5 Å². The first-order valence-electron chi connectivity index (χ1n) is 9.18. The van der Waals surface area contributed by atoms with Gasteiger partial charge in [-0.2, -0.15) is 0 Å². The molecule has 0 aliphatic carbocycles. The highest BCUT2D eigenvalue weighted by atomic mass is 32.2. The van der Waals surface area contributed by atoms with Gasteiger partial charge in [0.2, 0.25) is 0 Å². The fourth-order valence-electron chi connectivity index (χ4n) is 3.33. The van der Waals surface area contributed by atoms with Crippen molar-refractivity contribution in [1.29, 1.82) is 0 Å². The lowest BCUT2D eigenvalue weighted by Gasteiger charge is -2.33. The Morgan fingerprint density at radius 2 is 2.15 bits per heavy atom. The Bertz CT molecular complexity index is 677. The molecule has 2 saturated heterocycles. The van der Waals surface area contributed by atoms with Crippen molar-refractivity contribution in [3.05, 3.63) is 54.2 Å². The number of aromatic nitrogens is 1. The summed E-state index contributed by atoms with van der Waals surface area (Å²) in [6.07, 6.45) is 3.01. The summed E-state index contributed by atoms with van der Waals surface area (Å²) < 4.78 is 11.8. The predicted octanol–water partition coefficient (Wildman–Crippen LogP) is 2.57. The molecule has 138 valence electrons. The lowest BCUT2D eigenvalue weighted by molar-refractivity contribution is 0.0100. The monoisotopic (exact) mass is 371 g/mol. The highest BCUT2D eigenvalue weighted by Crippen LogP contribution is 2.21. The van der Waals surface area contributed by atoms with Crippen LogP contribution < -0.4 is 15.0 Å². The lowest BCUT2D eigenvalue weighted by Crippen LogP contribution is -2.45. The molecule has 1 N–H and O–H groups in total. The summed E-state index contributed by atoms with van der Waals surface area (Å²) in [7, 11) is 0. The Hall–Kier alpha value is -1.76. The molecule has 0 amide bonds. The van der Waals surface area contributed by atoms with Gasteiger partial charge in [0.15, 0.2) is 0 Å². The predicted molar refractivity (Wildman–Crippen MR) is 106 cm³/mol. The van der Waals surface area contributed by atoms with Gasteiger partial charge >= 0.3 is 0 Å². The first-order chi connectivity index (χ1) is 12.9. The largest absolute Gasteiger partial charge is 0.491 e. The second kappa shape index (κ2) is 8.75. The Labute approximate surface area is 159 Å². The van der Waals surface area contributed by atoms with Gasteiger partial charge in [-0.15, -0.1) is 11.8 Å². The molecule has 0 bridgehead atoms. The maximum atomic E-state index is 5.97. The van der Waals surface area contributed by atoms with Crippen LogP contribution in [0.25, 0.3) is 0 Å². The molecule has 2 fully saturated rings. The average Bonchev–Trinajstić information content (AvgIpc) is 3.21. The van der Waals surface area contributed by atoms with Gasteiger partial charge in [0, 0.05) is 37.0 Å². The van der Waals surface area contributed by atoms with E-state index < -0.39 is 0 Å². The third kappa shape index (κ3) is 4.69. The van der Waals surface area contributed by atoms with Crippen LogP contribution in [0.3, 0.4) is 0 Å². The minimum Gasteiger partial charge on any atom is -0.491 e. The van der Waals surface area contributed by atoms with E-state index in [1.54, 1.807) is 0 Å². The number of nitrogens with one attached hydrogen (secondary N) is 1. The Morgan fingerprint density at radius 3 is 2.92 bits per heavy atom. The molecule has 2 atom stereocenters. The van der Waals surface area contributed by atoms with Crippen LogP contribution in [0.4, 0.5) is 5.82 Å². The summed E-state index contributed by atoms with van der Waals surface area (Å²) in [5.74, 6) is 2.98. The Kier molecular flexibility index (Phi) is 5.94. The molecule has 4 rings (SSSR count). The van der Waals surface area contributed by atoms with Gasteiger partial charge in [-0.3, -0.25) is 0 Å². The highest BCUT2D eigenvalue weighted by Gasteiger charge is 2.22. The van der Waals surface area contributed by atoms with E-state index >= 15 is 0 Å². The number of nitrogens with zero attached hydrogens (tertiary/aromatic N) is 2. The van der Waals surface area contributed by atoms with Crippen LogP contribution in [0, 0.1) is 0 Å². The molecule has 2 aromatic rings. The highest BCUT2D eigenvalue weighted by molar-refractivity contribution is 8.00. The molecule has 0 spiro atoms. The second-order valence-electron chi connectivity index (χ2n) is 6.67. The number of morpholine rings is 1. The molecule has 2 aliphatic heterocycles. The van der Waals surface area contributed by atoms with E-state index in [1.165, 1.54) is 5.56 Å². The summed E-state index contributed by atoms with van der Waals surface area (Å²) in [5.41, 5.74) is 1.37. The van der Waals surface area contributed by atoms with Crippen molar-refractivity contribution in [2.75, 3.05) is 43.6 Å². The van der Waals surface area contributed by atoms with Crippen molar-refractivity contribution in [3.8, 4) is 5.75 Å². The Balaban J connectivity index is 1.26. The number of rotatable bonds is 6. The third-order valence-corrected chi connectivity index (χ3v) is 5.90. The number of anilines is 1. The van der Waals surface area contributed by atoms with Crippen molar-refractivity contribution in [1.82, 2.24) is 10.3 Å². The molecular weight excluding hydrogens is 346 g/mol. The number of pyridine rings is 1. The van der Waals surface area contributed by atoms with Crippen molar-refractivity contribution in [2.24, 2.45) is 0 Å². The number of thioether (sulfide) groups is 1. The quantitative estimate of drug-likeness (QED) is 0.842. The van der Waals surface area contributed by atoms with E-state index in [2.05, 4.69) is 39.5 Å². The summed E-state index contributed by atoms with van der Waals surface area (Å²) in [6.45, 7) is 4.05. The fraction of sp³-hybridized carbons (Fsp3) is 0.450. The van der Waals surface area contributed by atoms with Crippen LogP contribution in [-0.4, -0.2) is 55.1 Å². The molecule has 0 saturated carbocycles. The van der Waals surface area contributed by atoms with Crippen LogP contribution in [0.1, 0.15) is 5.56 Å². The zero-order valence-electron chi connectivity index (χ0n) is 14.8. The zero-order chi connectivity index (χ0) is 17.6. The summed E-state index contributed by atoms with van der Waals surface area (Å²) in [6, 6.07) is 14.5. The normalized spacial score (nSPS) is 23.2. The van der Waals surface area contributed by atoms with Gasteiger partial charge < -0.3 is 19.7 Å². The average molecular weight is 372 g/mol. The van der Waals surface area contributed by atoms with Gasteiger partial charge in [-0.05, 0) is 36.2 Å². The molecule has 3 heterocycles. The standard InChI is InChI=1S/C20H25N3O2S/c1-2-8-22-20(3-1)23-9-10-24-18(13-23)14-25-17-6-4-16(5-7-17)11-19-12-21-15-26-19/h1-8,18-19,21H,9-15H2/t18-,19?/m1/s1. The van der Waals surface area contributed by atoms with Crippen molar-refractivity contribution >= 4 is 17.6 Å². The van der Waals surface area contributed by atoms with Crippen LogP contribution in [-0.2, 0) is 11.2 Å². The van der Waals surface area contributed by atoms with Gasteiger partial charge in [0.05, 0.1) is 6.61 Å². The summed E-state index contributed by atoms with van der Waals surface area (Å²) >= 11 is 2.00. The number of benzene rings is 1. The van der Waals surface area contributed by atoms with Gasteiger partial charge in [0.25, 0.3) is 0 Å². The minimum atomic E-state index is 0.0615. The molecule has 1 unspecified atom stereocenters. The minimum absolute atomic E-state index is 0.0615. The van der Waals surface area contributed by atoms with E-state index in [1.807, 2.05) is 36.2 Å². The first-order valence-corrected chi connectivity index (χ1v) is 10.2. The molecule has 6 heteroatoms. The molecule has 1 aromatic heterocycles. The smallest absolute Gasteiger partial charge is 0.128 e. The lowest BCUT2D eigenvalue weighted by atomic mass is 10.1. The van der Waals surface area contributed by atoms with Crippen LogP contribution >= 0.6 is 11.8 Å². The molecule has 1 aromatic carbocycles. The molecular formula is C20H25N3O2S. The van der Waals surface area contributed by atoms with Crippen molar-refractivity contribution in [3.63, 3.8) is 0 Å². The van der Waals surface area contributed by atoms with E-state index in [-0.39, 0.29) is 6.10 Å². The van der Waals surface area contributed by atoms with Crippen molar-refractivity contribution in [2.45, 2.75) is 17.8 Å². The molecule has 26 heavy (non-hydrogen) atoms. The summed E-state index contributed by atoms with van der Waals surface area (Å²) in [5, 5.41) is 4.08. The third-order valence-electron chi connectivity index (χ3n) is 4.73. The van der Waals surface area contributed by atoms with Crippen LogP contribution in [0.15, 0.2) is 48.7 Å². The van der Waals surface area contributed by atoms with E-state index in [0.29, 0.717) is 18.5 Å². The zero-order valence-corrected chi connectivity index (χ0v) is 15.7. The maximum absolute atomic E-state index is 5.97. The van der Waals surface area contributed by atoms with Crippen LogP contribution in [0.2, 0.25) is 0 Å². The van der Waals surface area contributed by atoms with E-state index in [9.17, 15) is 0 Å². The van der Waals surface area contributed by atoms with Gasteiger partial charge in [-0.25, -0.2) is 4.98 Å². The maximum Gasteiger partial charge on any atom is 0.128 e. The first kappa shape index (κ1) is 17.6. The van der Waals surface area contributed by atoms with Gasteiger partial charge in [0.1, 0.15) is 24.3 Å². The number of hydrogen-bond donors (Lipinski definition) is 1. The van der Waals surface area contributed by atoms with Gasteiger partial charge in [-0.1, -0.05) is 18.2 Å². The molecule has 2 aliphatic rings. The summed E-state index contributed by atoms with van der Waals surface area (Å²) in [4.78, 5) is 6.69. The fourth-order valence-corrected chi connectivity index (χ4v) is 4.35. The van der Waals surface area contributed by atoms with Crippen LogP contribution in [0.5, 0.6) is 5.75 Å². The SMILES string of the molecule is c1ccc(N2CCO[C@@H](COc3ccc(CC4CNCS4)cc3)C2)nc1. The topological polar surface area (TPSA) is 46.6 Å². The Morgan fingerprint density at radius 1 is 1.23 bits per heavy atom. The van der Waals surface area contributed by atoms with E-state index in [4.69, 9.17) is 9.47 Å². The molecule has 5 nitrogen and oxygen atoms in total. The van der Waals surface area contributed by atoms with Crippen molar-refractivity contribution < 1.29 is 9.47 Å². The molecule has 0 radical (unpaired) electrons. The number of ether oxygens (including phenoxy) is 2. The second-order valence-corrected chi connectivity index (χ2v) is 7.96. The number of hydrogen-bond acceptors (Lipinski definition) is 6.